The number of rotatable bonds is 4. The van der Waals surface area contributed by atoms with E-state index in [0.29, 0.717) is 12.0 Å². The lowest BCUT2D eigenvalue weighted by atomic mass is 10.0. The highest BCUT2D eigenvalue weighted by Crippen LogP contribution is 2.51. The van der Waals surface area contributed by atoms with Crippen LogP contribution in [0.4, 0.5) is 0 Å². The topological polar surface area (TPSA) is 51.6 Å². The first-order valence-electron chi connectivity index (χ1n) is 6.99. The SMILES string of the molecule is CCNC(C)[C@@H]1C[C@H]1c1c[nH]c2ccc(C#N)cc12. The molecular weight excluding hydrogens is 234 g/mol. The van der Waals surface area contributed by atoms with Gasteiger partial charge in [-0.25, -0.2) is 0 Å². The van der Waals surface area contributed by atoms with E-state index in [4.69, 9.17) is 5.26 Å². The zero-order valence-electron chi connectivity index (χ0n) is 11.4. The normalized spacial score (nSPS) is 23.2. The van der Waals surface area contributed by atoms with Crippen LogP contribution in [0.1, 0.15) is 37.3 Å². The van der Waals surface area contributed by atoms with Gasteiger partial charge in [0.2, 0.25) is 0 Å². The van der Waals surface area contributed by atoms with E-state index in [0.717, 1.165) is 23.5 Å². The predicted octanol–water partition coefficient (Wildman–Crippen LogP) is 3.14. The lowest BCUT2D eigenvalue weighted by molar-refractivity contribution is 0.503. The van der Waals surface area contributed by atoms with Crippen LogP contribution < -0.4 is 5.32 Å². The standard InChI is InChI=1S/C16H19N3/c1-3-18-10(2)12-7-13(12)15-9-19-16-5-4-11(8-17)6-14(15)16/h4-6,9-10,12-13,18-19H,3,7H2,1-2H3/t10?,12-,13+/m0/s1. The molecule has 1 saturated carbocycles. The number of hydrogen-bond donors (Lipinski definition) is 2. The Labute approximate surface area is 113 Å². The number of hydrogen-bond acceptors (Lipinski definition) is 2. The van der Waals surface area contributed by atoms with Crippen molar-refractivity contribution in [3.63, 3.8) is 0 Å². The summed E-state index contributed by atoms with van der Waals surface area (Å²) in [6, 6.07) is 8.67. The van der Waals surface area contributed by atoms with E-state index >= 15 is 0 Å². The second-order valence-corrected chi connectivity index (χ2v) is 5.47. The summed E-state index contributed by atoms with van der Waals surface area (Å²) in [6.45, 7) is 5.44. The molecule has 3 rings (SSSR count). The number of benzene rings is 1. The van der Waals surface area contributed by atoms with Gasteiger partial charge in [-0.15, -0.1) is 0 Å². The Hall–Kier alpha value is -1.79. The molecular formula is C16H19N3. The molecule has 2 N–H and O–H groups in total. The van der Waals surface area contributed by atoms with Gasteiger partial charge in [0, 0.05) is 23.1 Å². The van der Waals surface area contributed by atoms with Gasteiger partial charge in [-0.3, -0.25) is 0 Å². The molecule has 0 amide bonds. The largest absolute Gasteiger partial charge is 0.361 e. The number of fused-ring (bicyclic) bond motifs is 1. The van der Waals surface area contributed by atoms with Gasteiger partial charge >= 0.3 is 0 Å². The molecule has 0 radical (unpaired) electrons. The van der Waals surface area contributed by atoms with Crippen molar-refractivity contribution in [1.82, 2.24) is 10.3 Å². The number of H-pyrrole nitrogens is 1. The van der Waals surface area contributed by atoms with E-state index in [-0.39, 0.29) is 0 Å². The molecule has 2 aromatic rings. The van der Waals surface area contributed by atoms with E-state index in [1.807, 2.05) is 18.2 Å². The zero-order valence-corrected chi connectivity index (χ0v) is 11.4. The van der Waals surface area contributed by atoms with Gasteiger partial charge in [0.1, 0.15) is 0 Å². The Balaban J connectivity index is 1.89. The van der Waals surface area contributed by atoms with Crippen LogP contribution >= 0.6 is 0 Å². The highest BCUT2D eigenvalue weighted by atomic mass is 14.9. The van der Waals surface area contributed by atoms with Crippen molar-refractivity contribution >= 4 is 10.9 Å². The third-order valence-corrected chi connectivity index (χ3v) is 4.25. The molecule has 1 aromatic carbocycles. The minimum Gasteiger partial charge on any atom is -0.361 e. The summed E-state index contributed by atoms with van der Waals surface area (Å²) in [5, 5.41) is 13.7. The maximum Gasteiger partial charge on any atom is 0.0991 e. The maximum atomic E-state index is 9.02. The van der Waals surface area contributed by atoms with Crippen molar-refractivity contribution in [3.8, 4) is 6.07 Å². The number of aromatic nitrogens is 1. The van der Waals surface area contributed by atoms with E-state index in [2.05, 4.69) is 36.4 Å². The van der Waals surface area contributed by atoms with Gasteiger partial charge in [0.05, 0.1) is 11.6 Å². The first-order chi connectivity index (χ1) is 9.24. The van der Waals surface area contributed by atoms with Crippen molar-refractivity contribution in [2.75, 3.05) is 6.54 Å². The minimum absolute atomic E-state index is 0.569. The second kappa shape index (κ2) is 4.71. The Kier molecular flexibility index (Phi) is 3.04. The summed E-state index contributed by atoms with van der Waals surface area (Å²) < 4.78 is 0. The molecule has 1 aliphatic rings. The Morgan fingerprint density at radius 3 is 3.11 bits per heavy atom. The van der Waals surface area contributed by atoms with Crippen molar-refractivity contribution in [2.24, 2.45) is 5.92 Å². The summed E-state index contributed by atoms with van der Waals surface area (Å²) in [7, 11) is 0. The van der Waals surface area contributed by atoms with Gasteiger partial charge in [0.25, 0.3) is 0 Å². The fourth-order valence-electron chi connectivity index (χ4n) is 3.12. The lowest BCUT2D eigenvalue weighted by Gasteiger charge is -2.11. The fraction of sp³-hybridized carbons (Fsp3) is 0.438. The van der Waals surface area contributed by atoms with Crippen LogP contribution in [0.25, 0.3) is 10.9 Å². The molecule has 1 heterocycles. The molecule has 1 aliphatic carbocycles. The van der Waals surface area contributed by atoms with Gasteiger partial charge in [-0.05, 0) is 55.5 Å². The van der Waals surface area contributed by atoms with Gasteiger partial charge in [-0.2, -0.15) is 5.26 Å². The Bertz CT molecular complexity index is 635. The first-order valence-corrected chi connectivity index (χ1v) is 6.99. The van der Waals surface area contributed by atoms with Crippen LogP contribution in [0, 0.1) is 17.2 Å². The summed E-state index contributed by atoms with van der Waals surface area (Å²) in [6.07, 6.45) is 3.37. The first kappa shape index (κ1) is 12.3. The van der Waals surface area contributed by atoms with E-state index in [1.165, 1.54) is 17.4 Å². The second-order valence-electron chi connectivity index (χ2n) is 5.47. The molecule has 1 aromatic heterocycles. The number of aromatic amines is 1. The van der Waals surface area contributed by atoms with E-state index < -0.39 is 0 Å². The smallest absolute Gasteiger partial charge is 0.0991 e. The summed E-state index contributed by atoms with van der Waals surface area (Å²) in [5.74, 6) is 1.36. The molecule has 0 saturated heterocycles. The predicted molar refractivity (Wildman–Crippen MR) is 77.0 cm³/mol. The van der Waals surface area contributed by atoms with Gasteiger partial charge in [-0.1, -0.05) is 6.92 Å². The van der Waals surface area contributed by atoms with Crippen LogP contribution in [-0.4, -0.2) is 17.6 Å². The molecule has 1 fully saturated rings. The highest BCUT2D eigenvalue weighted by molar-refractivity contribution is 5.85. The van der Waals surface area contributed by atoms with Crippen molar-refractivity contribution in [3.05, 3.63) is 35.5 Å². The maximum absolute atomic E-state index is 9.02. The van der Waals surface area contributed by atoms with Crippen molar-refractivity contribution in [2.45, 2.75) is 32.2 Å². The molecule has 1 unspecified atom stereocenters. The molecule has 0 aliphatic heterocycles. The highest BCUT2D eigenvalue weighted by Gasteiger charge is 2.42. The zero-order chi connectivity index (χ0) is 13.4. The van der Waals surface area contributed by atoms with E-state index in [9.17, 15) is 0 Å². The van der Waals surface area contributed by atoms with Crippen LogP contribution in [-0.2, 0) is 0 Å². The van der Waals surface area contributed by atoms with E-state index in [1.54, 1.807) is 0 Å². The van der Waals surface area contributed by atoms with Gasteiger partial charge in [0.15, 0.2) is 0 Å². The molecule has 3 nitrogen and oxygen atoms in total. The lowest BCUT2D eigenvalue weighted by Crippen LogP contribution is -2.27. The quantitative estimate of drug-likeness (QED) is 0.879. The molecule has 19 heavy (non-hydrogen) atoms. The number of nitrogens with one attached hydrogen (secondary N) is 2. The van der Waals surface area contributed by atoms with Crippen molar-refractivity contribution < 1.29 is 0 Å². The number of nitrogens with zero attached hydrogens (tertiary/aromatic N) is 1. The van der Waals surface area contributed by atoms with Crippen LogP contribution in [0.3, 0.4) is 0 Å². The average molecular weight is 253 g/mol. The Morgan fingerprint density at radius 2 is 2.37 bits per heavy atom. The monoisotopic (exact) mass is 253 g/mol. The van der Waals surface area contributed by atoms with Crippen LogP contribution in [0.5, 0.6) is 0 Å². The Morgan fingerprint density at radius 1 is 1.53 bits per heavy atom. The third kappa shape index (κ3) is 2.13. The molecule has 3 heteroatoms. The van der Waals surface area contributed by atoms with Crippen LogP contribution in [0.2, 0.25) is 0 Å². The average Bonchev–Trinajstić information content (AvgIpc) is 3.11. The molecule has 0 spiro atoms. The summed E-state index contributed by atoms with van der Waals surface area (Å²) >= 11 is 0. The molecule has 0 bridgehead atoms. The number of nitriles is 1. The summed E-state index contributed by atoms with van der Waals surface area (Å²) in [5.41, 5.74) is 3.25. The van der Waals surface area contributed by atoms with Crippen molar-refractivity contribution in [1.29, 1.82) is 5.26 Å². The molecule has 98 valence electrons. The molecule has 3 atom stereocenters. The van der Waals surface area contributed by atoms with Crippen LogP contribution in [0.15, 0.2) is 24.4 Å². The third-order valence-electron chi connectivity index (χ3n) is 4.25. The van der Waals surface area contributed by atoms with Gasteiger partial charge < -0.3 is 10.3 Å². The minimum atomic E-state index is 0.569. The fourth-order valence-corrected chi connectivity index (χ4v) is 3.12. The summed E-state index contributed by atoms with van der Waals surface area (Å²) in [4.78, 5) is 3.32.